The maximum absolute atomic E-state index is 5.20. The van der Waals surface area contributed by atoms with Crippen LogP contribution in [0.25, 0.3) is 0 Å². The molecule has 1 fully saturated rings. The van der Waals surface area contributed by atoms with E-state index < -0.39 is 0 Å². The highest BCUT2D eigenvalue weighted by Crippen LogP contribution is 2.03. The van der Waals surface area contributed by atoms with Crippen molar-refractivity contribution in [2.24, 2.45) is 4.99 Å². The van der Waals surface area contributed by atoms with E-state index in [1.54, 1.807) is 0 Å². The minimum atomic E-state index is 0.163. The third kappa shape index (κ3) is 2.67. The van der Waals surface area contributed by atoms with Gasteiger partial charge in [0.25, 0.3) is 0 Å². The van der Waals surface area contributed by atoms with Gasteiger partial charge in [0.15, 0.2) is 0 Å². The van der Waals surface area contributed by atoms with Crippen LogP contribution >= 0.6 is 12.2 Å². The molecule has 1 rings (SSSR count). The van der Waals surface area contributed by atoms with E-state index in [4.69, 9.17) is 4.74 Å². The van der Waals surface area contributed by atoms with Gasteiger partial charge in [-0.15, -0.1) is 0 Å². The van der Waals surface area contributed by atoms with Crippen LogP contribution in [0.1, 0.15) is 6.92 Å². The highest BCUT2D eigenvalue weighted by atomic mass is 32.1. The molecule has 0 spiro atoms. The summed E-state index contributed by atoms with van der Waals surface area (Å²) >= 11 is 4.52. The molecule has 0 aromatic heterocycles. The van der Waals surface area contributed by atoms with Crippen molar-refractivity contribution in [3.05, 3.63) is 0 Å². The molecule has 0 aliphatic carbocycles. The Bertz CT molecular complexity index is 162. The normalized spacial score (nSPS) is 22.3. The Morgan fingerprint density at radius 2 is 2.18 bits per heavy atom. The Hall–Kier alpha value is -0.280. The maximum Gasteiger partial charge on any atom is 0.110 e. The number of thiocarbonyl (C=S) groups is 1. The van der Waals surface area contributed by atoms with Crippen molar-refractivity contribution in [3.8, 4) is 0 Å². The number of nitrogens with zero attached hydrogens (tertiary/aromatic N) is 2. The molecule has 62 valence electrons. The highest BCUT2D eigenvalue weighted by molar-refractivity contribution is 7.78. The third-order valence-corrected chi connectivity index (χ3v) is 1.92. The summed E-state index contributed by atoms with van der Waals surface area (Å²) in [5, 5.41) is 2.39. The fourth-order valence-corrected chi connectivity index (χ4v) is 1.26. The van der Waals surface area contributed by atoms with E-state index in [-0.39, 0.29) is 6.17 Å². The summed E-state index contributed by atoms with van der Waals surface area (Å²) in [6.45, 7) is 5.52. The Labute approximate surface area is 72.1 Å². The van der Waals surface area contributed by atoms with E-state index in [1.807, 2.05) is 6.92 Å². The van der Waals surface area contributed by atoms with Crippen LogP contribution in [0.4, 0.5) is 0 Å². The Balaban J connectivity index is 2.38. The molecule has 0 aromatic rings. The molecule has 1 aliphatic rings. The SMILES string of the molecule is CC(N=C=S)N1CCOCC1. The molecule has 1 aliphatic heterocycles. The van der Waals surface area contributed by atoms with Gasteiger partial charge in [-0.3, -0.25) is 4.90 Å². The van der Waals surface area contributed by atoms with E-state index in [1.165, 1.54) is 0 Å². The molecule has 4 heteroatoms. The van der Waals surface area contributed by atoms with Crippen LogP contribution in [-0.4, -0.2) is 42.5 Å². The van der Waals surface area contributed by atoms with Gasteiger partial charge < -0.3 is 4.74 Å². The summed E-state index contributed by atoms with van der Waals surface area (Å²) in [5.74, 6) is 0. The van der Waals surface area contributed by atoms with Crippen molar-refractivity contribution < 1.29 is 4.74 Å². The number of aliphatic imine (C=N–C) groups is 1. The lowest BCUT2D eigenvalue weighted by molar-refractivity contribution is 0.0221. The minimum Gasteiger partial charge on any atom is -0.379 e. The molecule has 0 amide bonds. The molecule has 1 unspecified atom stereocenters. The summed E-state index contributed by atoms with van der Waals surface area (Å²) in [5.41, 5.74) is 0. The predicted molar refractivity (Wildman–Crippen MR) is 46.9 cm³/mol. The fraction of sp³-hybridized carbons (Fsp3) is 0.857. The van der Waals surface area contributed by atoms with Crippen molar-refractivity contribution in [2.75, 3.05) is 26.3 Å². The first-order chi connectivity index (χ1) is 5.34. The van der Waals surface area contributed by atoms with Crippen molar-refractivity contribution in [3.63, 3.8) is 0 Å². The molecule has 0 radical (unpaired) electrons. The number of isothiocyanates is 1. The van der Waals surface area contributed by atoms with Gasteiger partial charge in [0, 0.05) is 13.1 Å². The van der Waals surface area contributed by atoms with Crippen LogP contribution < -0.4 is 0 Å². The number of rotatable bonds is 2. The monoisotopic (exact) mass is 172 g/mol. The topological polar surface area (TPSA) is 24.8 Å². The first-order valence-electron chi connectivity index (χ1n) is 3.73. The lowest BCUT2D eigenvalue weighted by Gasteiger charge is -2.28. The van der Waals surface area contributed by atoms with Crippen LogP contribution in [0.15, 0.2) is 4.99 Å². The number of morpholine rings is 1. The van der Waals surface area contributed by atoms with Crippen LogP contribution in [0.2, 0.25) is 0 Å². The molecule has 3 nitrogen and oxygen atoms in total. The zero-order valence-electron chi connectivity index (χ0n) is 6.62. The molecule has 1 heterocycles. The average molecular weight is 172 g/mol. The highest BCUT2D eigenvalue weighted by Gasteiger charge is 2.14. The van der Waals surface area contributed by atoms with E-state index in [0.717, 1.165) is 26.3 Å². The summed E-state index contributed by atoms with van der Waals surface area (Å²) in [6, 6.07) is 0. The summed E-state index contributed by atoms with van der Waals surface area (Å²) in [7, 11) is 0. The second kappa shape index (κ2) is 4.57. The number of hydrogen-bond donors (Lipinski definition) is 0. The summed E-state index contributed by atoms with van der Waals surface area (Å²) in [4.78, 5) is 6.21. The standard InChI is InChI=1S/C7H12N2OS/c1-7(8-6-11)9-2-4-10-5-3-9/h7H,2-5H2,1H3. The van der Waals surface area contributed by atoms with E-state index >= 15 is 0 Å². The Kier molecular flexibility index (Phi) is 3.66. The second-order valence-corrected chi connectivity index (χ2v) is 2.68. The van der Waals surface area contributed by atoms with E-state index in [0.29, 0.717) is 0 Å². The molecule has 0 bridgehead atoms. The Morgan fingerprint density at radius 3 is 2.73 bits per heavy atom. The van der Waals surface area contributed by atoms with Crippen molar-refractivity contribution in [1.29, 1.82) is 0 Å². The third-order valence-electron chi connectivity index (χ3n) is 1.81. The molecular formula is C7H12N2OS. The predicted octanol–water partition coefficient (Wildman–Crippen LogP) is 0.767. The van der Waals surface area contributed by atoms with Gasteiger partial charge in [-0.05, 0) is 19.1 Å². The van der Waals surface area contributed by atoms with Crippen LogP contribution in [0.5, 0.6) is 0 Å². The van der Waals surface area contributed by atoms with Crippen LogP contribution in [0.3, 0.4) is 0 Å². The Morgan fingerprint density at radius 1 is 1.55 bits per heavy atom. The number of hydrogen-bond acceptors (Lipinski definition) is 4. The molecule has 1 saturated heterocycles. The molecule has 0 N–H and O–H groups in total. The summed E-state index contributed by atoms with van der Waals surface area (Å²) < 4.78 is 5.20. The number of ether oxygens (including phenoxy) is 1. The van der Waals surface area contributed by atoms with Gasteiger partial charge in [0.1, 0.15) is 6.17 Å². The molecule has 0 saturated carbocycles. The van der Waals surface area contributed by atoms with Gasteiger partial charge in [-0.2, -0.15) is 0 Å². The van der Waals surface area contributed by atoms with Crippen LogP contribution in [0, 0.1) is 0 Å². The quantitative estimate of drug-likeness (QED) is 0.454. The lowest BCUT2D eigenvalue weighted by Crippen LogP contribution is -2.41. The van der Waals surface area contributed by atoms with Gasteiger partial charge in [-0.1, -0.05) is 0 Å². The summed E-state index contributed by atoms with van der Waals surface area (Å²) in [6.07, 6.45) is 0.163. The molecular weight excluding hydrogens is 160 g/mol. The zero-order valence-corrected chi connectivity index (χ0v) is 7.43. The first-order valence-corrected chi connectivity index (χ1v) is 4.14. The van der Waals surface area contributed by atoms with Gasteiger partial charge in [-0.25, -0.2) is 4.99 Å². The average Bonchev–Trinajstić information content (AvgIpc) is 2.07. The van der Waals surface area contributed by atoms with E-state index in [9.17, 15) is 0 Å². The minimum absolute atomic E-state index is 0.163. The van der Waals surface area contributed by atoms with Crippen LogP contribution in [-0.2, 0) is 4.74 Å². The lowest BCUT2D eigenvalue weighted by atomic mass is 10.4. The largest absolute Gasteiger partial charge is 0.379 e. The second-order valence-electron chi connectivity index (χ2n) is 2.50. The maximum atomic E-state index is 5.20. The molecule has 0 aromatic carbocycles. The van der Waals surface area contributed by atoms with Crippen molar-refractivity contribution >= 4 is 17.4 Å². The van der Waals surface area contributed by atoms with Gasteiger partial charge in [0.05, 0.1) is 18.4 Å². The van der Waals surface area contributed by atoms with Gasteiger partial charge in [0.2, 0.25) is 0 Å². The van der Waals surface area contributed by atoms with Crippen molar-refractivity contribution in [2.45, 2.75) is 13.1 Å². The molecule has 1 atom stereocenters. The van der Waals surface area contributed by atoms with Crippen molar-refractivity contribution in [1.82, 2.24) is 4.90 Å². The van der Waals surface area contributed by atoms with E-state index in [2.05, 4.69) is 27.3 Å². The van der Waals surface area contributed by atoms with Gasteiger partial charge >= 0.3 is 0 Å². The zero-order chi connectivity index (χ0) is 8.10. The molecule has 11 heavy (non-hydrogen) atoms. The first kappa shape index (κ1) is 8.81. The fourth-order valence-electron chi connectivity index (χ4n) is 1.11. The smallest absolute Gasteiger partial charge is 0.110 e.